The van der Waals surface area contributed by atoms with Gasteiger partial charge in [-0.15, -0.1) is 11.6 Å². The number of rotatable bonds is 4. The molecule has 2 atom stereocenters. The Morgan fingerprint density at radius 2 is 2.11 bits per heavy atom. The van der Waals surface area contributed by atoms with Crippen LogP contribution in [-0.4, -0.2) is 23.8 Å². The Hall–Kier alpha value is -1.61. The van der Waals surface area contributed by atoms with Crippen LogP contribution in [0.5, 0.6) is 0 Å². The third kappa shape index (κ3) is 2.46. The third-order valence-corrected chi connectivity index (χ3v) is 3.19. The molecular formula is C12H13ClN2O3. The summed E-state index contributed by atoms with van der Waals surface area (Å²) in [6.07, 6.45) is 0. The number of halogens is 1. The normalized spacial score (nSPS) is 15.3. The zero-order valence-corrected chi connectivity index (χ0v) is 10.7. The van der Waals surface area contributed by atoms with Crippen LogP contribution < -0.4 is 5.48 Å². The molecule has 0 spiro atoms. The lowest BCUT2D eigenvalue weighted by atomic mass is 9.92. The van der Waals surface area contributed by atoms with Crippen LogP contribution in [0, 0.1) is 18.3 Å². The molecule has 96 valence electrons. The minimum atomic E-state index is -2.04. The smallest absolute Gasteiger partial charge is 0.345 e. The van der Waals surface area contributed by atoms with Crippen molar-refractivity contribution in [1.29, 1.82) is 5.26 Å². The second kappa shape index (κ2) is 5.83. The molecule has 0 bridgehead atoms. The SMILES string of the molecule is COC(=O)C(C#N)(NO)C(Cl)c1ccc(C)cc1. The number of nitrogens with zero attached hydrogens (tertiary/aromatic N) is 1. The van der Waals surface area contributed by atoms with Gasteiger partial charge in [-0.2, -0.15) is 10.7 Å². The van der Waals surface area contributed by atoms with E-state index in [-0.39, 0.29) is 0 Å². The van der Waals surface area contributed by atoms with Crippen LogP contribution in [0.25, 0.3) is 0 Å². The van der Waals surface area contributed by atoms with Gasteiger partial charge in [0.25, 0.3) is 0 Å². The molecule has 1 rings (SSSR count). The van der Waals surface area contributed by atoms with Crippen LogP contribution in [0.4, 0.5) is 0 Å². The number of carbonyl (C=O) groups excluding carboxylic acids is 1. The van der Waals surface area contributed by atoms with Crippen LogP contribution in [0.15, 0.2) is 24.3 Å². The van der Waals surface area contributed by atoms with Gasteiger partial charge in [-0.1, -0.05) is 29.8 Å². The number of ether oxygens (including phenoxy) is 1. The van der Waals surface area contributed by atoms with Crippen LogP contribution in [0.2, 0.25) is 0 Å². The first-order valence-corrected chi connectivity index (χ1v) is 5.57. The van der Waals surface area contributed by atoms with E-state index in [0.717, 1.165) is 12.7 Å². The number of esters is 1. The van der Waals surface area contributed by atoms with Gasteiger partial charge in [0.2, 0.25) is 5.54 Å². The van der Waals surface area contributed by atoms with E-state index < -0.39 is 16.9 Å². The van der Waals surface area contributed by atoms with Crippen molar-refractivity contribution in [3.05, 3.63) is 35.4 Å². The summed E-state index contributed by atoms with van der Waals surface area (Å²) in [6, 6.07) is 8.61. The molecule has 0 heterocycles. The molecule has 2 N–H and O–H groups in total. The van der Waals surface area contributed by atoms with Gasteiger partial charge in [0.1, 0.15) is 11.4 Å². The summed E-state index contributed by atoms with van der Waals surface area (Å²) in [5.41, 5.74) is 1.16. The van der Waals surface area contributed by atoms with Gasteiger partial charge < -0.3 is 9.94 Å². The standard InChI is InChI=1S/C12H13ClN2O3/c1-8-3-5-9(6-4-8)10(13)12(7-14,15-17)11(16)18-2/h3-6,10,15,17H,1-2H3. The molecule has 0 aromatic heterocycles. The maximum Gasteiger partial charge on any atom is 0.345 e. The fourth-order valence-electron chi connectivity index (χ4n) is 1.48. The fraction of sp³-hybridized carbons (Fsp3) is 0.333. The summed E-state index contributed by atoms with van der Waals surface area (Å²) in [6.45, 7) is 1.90. The summed E-state index contributed by atoms with van der Waals surface area (Å²) in [5, 5.41) is 17.1. The molecule has 1 aromatic rings. The lowest BCUT2D eigenvalue weighted by Gasteiger charge is -2.26. The van der Waals surface area contributed by atoms with Crippen molar-refractivity contribution >= 4 is 17.6 Å². The zero-order chi connectivity index (χ0) is 13.8. The van der Waals surface area contributed by atoms with E-state index in [1.165, 1.54) is 0 Å². The molecule has 0 fully saturated rings. The van der Waals surface area contributed by atoms with Gasteiger partial charge in [-0.25, -0.2) is 4.79 Å². The number of alkyl halides is 1. The van der Waals surface area contributed by atoms with Crippen molar-refractivity contribution in [2.24, 2.45) is 0 Å². The molecule has 0 aliphatic carbocycles. The lowest BCUT2D eigenvalue weighted by molar-refractivity contribution is -0.150. The highest BCUT2D eigenvalue weighted by Gasteiger charge is 2.48. The predicted octanol–water partition coefficient (Wildman–Crippen LogP) is 1.69. The number of methoxy groups -OCH3 is 1. The Balaban J connectivity index is 3.19. The Kier molecular flexibility index (Phi) is 4.68. The van der Waals surface area contributed by atoms with E-state index in [1.54, 1.807) is 35.8 Å². The molecule has 0 amide bonds. The molecule has 2 unspecified atom stereocenters. The maximum absolute atomic E-state index is 11.6. The average Bonchev–Trinajstić information content (AvgIpc) is 2.41. The molecule has 0 saturated carbocycles. The van der Waals surface area contributed by atoms with Crippen molar-refractivity contribution < 1.29 is 14.7 Å². The Morgan fingerprint density at radius 3 is 2.50 bits per heavy atom. The van der Waals surface area contributed by atoms with Crippen molar-refractivity contribution in [3.63, 3.8) is 0 Å². The molecule has 18 heavy (non-hydrogen) atoms. The first kappa shape index (κ1) is 14.5. The summed E-state index contributed by atoms with van der Waals surface area (Å²) >= 11 is 6.11. The zero-order valence-electron chi connectivity index (χ0n) is 9.98. The highest BCUT2D eigenvalue weighted by Crippen LogP contribution is 2.33. The van der Waals surface area contributed by atoms with E-state index in [0.29, 0.717) is 5.56 Å². The predicted molar refractivity (Wildman–Crippen MR) is 65.1 cm³/mol. The van der Waals surface area contributed by atoms with Crippen LogP contribution in [-0.2, 0) is 9.53 Å². The van der Waals surface area contributed by atoms with Gasteiger partial charge in [-0.3, -0.25) is 0 Å². The number of hydrogen-bond acceptors (Lipinski definition) is 5. The number of benzene rings is 1. The van der Waals surface area contributed by atoms with Crippen LogP contribution in [0.3, 0.4) is 0 Å². The van der Waals surface area contributed by atoms with Crippen molar-refractivity contribution in [2.45, 2.75) is 17.8 Å². The highest BCUT2D eigenvalue weighted by molar-refractivity contribution is 6.24. The largest absolute Gasteiger partial charge is 0.467 e. The van der Waals surface area contributed by atoms with Gasteiger partial charge >= 0.3 is 5.97 Å². The number of nitrogens with one attached hydrogen (secondary N) is 1. The minimum absolute atomic E-state index is 0.524. The maximum atomic E-state index is 11.6. The number of hydroxylamine groups is 1. The molecule has 0 aliphatic rings. The molecular weight excluding hydrogens is 256 g/mol. The van der Waals surface area contributed by atoms with Gasteiger partial charge in [0.15, 0.2) is 0 Å². The molecule has 1 aromatic carbocycles. The number of aryl methyl sites for hydroxylation is 1. The molecule has 0 radical (unpaired) electrons. The molecule has 6 heteroatoms. The van der Waals surface area contributed by atoms with Crippen LogP contribution in [0.1, 0.15) is 16.5 Å². The molecule has 0 aliphatic heterocycles. The monoisotopic (exact) mass is 268 g/mol. The minimum Gasteiger partial charge on any atom is -0.467 e. The Morgan fingerprint density at radius 1 is 1.56 bits per heavy atom. The number of hydrogen-bond donors (Lipinski definition) is 2. The van der Waals surface area contributed by atoms with Gasteiger partial charge in [0, 0.05) is 0 Å². The van der Waals surface area contributed by atoms with Crippen molar-refractivity contribution in [3.8, 4) is 6.07 Å². The quantitative estimate of drug-likeness (QED) is 0.493. The second-order valence-electron chi connectivity index (χ2n) is 3.80. The number of carbonyl (C=O) groups is 1. The molecule has 0 saturated heterocycles. The highest BCUT2D eigenvalue weighted by atomic mass is 35.5. The van der Waals surface area contributed by atoms with E-state index in [2.05, 4.69) is 4.74 Å². The van der Waals surface area contributed by atoms with Crippen molar-refractivity contribution in [1.82, 2.24) is 5.48 Å². The summed E-state index contributed by atoms with van der Waals surface area (Å²) in [7, 11) is 1.12. The Labute approximate surface area is 110 Å². The average molecular weight is 269 g/mol. The Bertz CT molecular complexity index is 469. The summed E-state index contributed by atoms with van der Waals surface area (Å²) < 4.78 is 4.50. The second-order valence-corrected chi connectivity index (χ2v) is 4.23. The van der Waals surface area contributed by atoms with E-state index in [9.17, 15) is 4.79 Å². The van der Waals surface area contributed by atoms with Gasteiger partial charge in [-0.05, 0) is 12.5 Å². The summed E-state index contributed by atoms with van der Waals surface area (Å²) in [5.74, 6) is -0.951. The lowest BCUT2D eigenvalue weighted by Crippen LogP contribution is -2.53. The van der Waals surface area contributed by atoms with E-state index >= 15 is 0 Å². The van der Waals surface area contributed by atoms with E-state index in [1.807, 2.05) is 6.92 Å². The third-order valence-electron chi connectivity index (χ3n) is 2.61. The fourth-order valence-corrected chi connectivity index (χ4v) is 1.81. The number of nitriles is 1. The molecule has 5 nitrogen and oxygen atoms in total. The topological polar surface area (TPSA) is 82.4 Å². The van der Waals surface area contributed by atoms with Crippen LogP contribution >= 0.6 is 11.6 Å². The first-order chi connectivity index (χ1) is 8.51. The summed E-state index contributed by atoms with van der Waals surface area (Å²) in [4.78, 5) is 11.6. The van der Waals surface area contributed by atoms with Gasteiger partial charge in [0.05, 0.1) is 7.11 Å². The van der Waals surface area contributed by atoms with Crippen molar-refractivity contribution in [2.75, 3.05) is 7.11 Å². The first-order valence-electron chi connectivity index (χ1n) is 5.13. The van der Waals surface area contributed by atoms with E-state index in [4.69, 9.17) is 22.1 Å².